The van der Waals surface area contributed by atoms with Gasteiger partial charge >= 0.3 is 6.18 Å². The van der Waals surface area contributed by atoms with E-state index in [2.05, 4.69) is 5.32 Å². The number of nitrogens with zero attached hydrogens (tertiary/aromatic N) is 1. The smallest absolute Gasteiger partial charge is 0.298 e. The van der Waals surface area contributed by atoms with Crippen LogP contribution in [0.5, 0.6) is 0 Å². The predicted octanol–water partition coefficient (Wildman–Crippen LogP) is 4.33. The molecule has 0 unspecified atom stereocenters. The van der Waals surface area contributed by atoms with Gasteiger partial charge in [0.2, 0.25) is 0 Å². The summed E-state index contributed by atoms with van der Waals surface area (Å²) in [5, 5.41) is 2.43. The van der Waals surface area contributed by atoms with E-state index in [1.165, 1.54) is 24.3 Å². The molecule has 0 atom stereocenters. The summed E-state index contributed by atoms with van der Waals surface area (Å²) < 4.78 is 52.6. The molecule has 1 N–H and O–H groups in total. The lowest BCUT2D eigenvalue weighted by Crippen LogP contribution is -2.54. The van der Waals surface area contributed by atoms with E-state index in [9.17, 15) is 27.2 Å². The molecule has 1 aliphatic rings. The van der Waals surface area contributed by atoms with E-state index in [0.717, 1.165) is 11.0 Å². The molecule has 2 aromatic rings. The first-order chi connectivity index (χ1) is 13.1. The standard InChI is InChI=1S/C18H9ClF4N2O2S/c19-11-2-4-12(5-3-11)25-16(27)13(15(26)24-17(25)28)8-9-7-10(18(21,22)23)1-6-14(9)20/h1-8H,(H,24,26,28)/b13-8+. The Morgan fingerprint density at radius 3 is 2.32 bits per heavy atom. The lowest BCUT2D eigenvalue weighted by Gasteiger charge is -2.29. The van der Waals surface area contributed by atoms with Crippen molar-refractivity contribution in [2.24, 2.45) is 0 Å². The third-order valence-corrected chi connectivity index (χ3v) is 4.35. The third kappa shape index (κ3) is 3.90. The summed E-state index contributed by atoms with van der Waals surface area (Å²) in [6, 6.07) is 7.59. The molecule has 1 saturated heterocycles. The monoisotopic (exact) mass is 428 g/mol. The molecule has 144 valence electrons. The summed E-state index contributed by atoms with van der Waals surface area (Å²) in [7, 11) is 0. The average molecular weight is 429 g/mol. The van der Waals surface area contributed by atoms with Crippen molar-refractivity contribution in [3.8, 4) is 0 Å². The van der Waals surface area contributed by atoms with Gasteiger partial charge in [-0.15, -0.1) is 0 Å². The number of anilines is 1. The fourth-order valence-corrected chi connectivity index (χ4v) is 2.88. The number of rotatable bonds is 2. The second-order valence-electron chi connectivity index (χ2n) is 5.67. The van der Waals surface area contributed by atoms with Gasteiger partial charge in [-0.05, 0) is 60.8 Å². The summed E-state index contributed by atoms with van der Waals surface area (Å²) in [4.78, 5) is 25.9. The summed E-state index contributed by atoms with van der Waals surface area (Å²) in [6.07, 6.45) is -3.95. The first-order valence-electron chi connectivity index (χ1n) is 7.61. The average Bonchev–Trinajstić information content (AvgIpc) is 2.60. The van der Waals surface area contributed by atoms with Crippen molar-refractivity contribution in [1.82, 2.24) is 5.32 Å². The summed E-state index contributed by atoms with van der Waals surface area (Å²) >= 11 is 10.8. The highest BCUT2D eigenvalue weighted by Gasteiger charge is 2.35. The van der Waals surface area contributed by atoms with E-state index in [4.69, 9.17) is 23.8 Å². The molecule has 0 aromatic heterocycles. The first-order valence-corrected chi connectivity index (χ1v) is 8.40. The Balaban J connectivity index is 2.06. The molecular formula is C18H9ClF4N2O2S. The van der Waals surface area contributed by atoms with Gasteiger partial charge in [0.15, 0.2) is 5.11 Å². The Morgan fingerprint density at radius 2 is 1.71 bits per heavy atom. The molecule has 2 aromatic carbocycles. The van der Waals surface area contributed by atoms with E-state index in [1.54, 1.807) is 0 Å². The van der Waals surface area contributed by atoms with Crippen LogP contribution < -0.4 is 10.2 Å². The third-order valence-electron chi connectivity index (χ3n) is 3.81. The minimum Gasteiger partial charge on any atom is -0.298 e. The van der Waals surface area contributed by atoms with Crippen LogP contribution in [0.15, 0.2) is 48.0 Å². The van der Waals surface area contributed by atoms with Gasteiger partial charge in [-0.2, -0.15) is 13.2 Å². The zero-order chi connectivity index (χ0) is 20.6. The van der Waals surface area contributed by atoms with Crippen LogP contribution in [-0.2, 0) is 15.8 Å². The van der Waals surface area contributed by atoms with Crippen LogP contribution in [0.4, 0.5) is 23.2 Å². The largest absolute Gasteiger partial charge is 0.416 e. The van der Waals surface area contributed by atoms with Gasteiger partial charge < -0.3 is 0 Å². The number of nitrogens with one attached hydrogen (secondary N) is 1. The van der Waals surface area contributed by atoms with Crippen molar-refractivity contribution in [2.45, 2.75) is 6.18 Å². The van der Waals surface area contributed by atoms with Gasteiger partial charge in [0.05, 0.1) is 11.3 Å². The molecule has 10 heteroatoms. The molecule has 0 aliphatic carbocycles. The molecule has 28 heavy (non-hydrogen) atoms. The van der Waals surface area contributed by atoms with Crippen molar-refractivity contribution in [1.29, 1.82) is 0 Å². The van der Waals surface area contributed by atoms with Crippen LogP contribution in [0.3, 0.4) is 0 Å². The second-order valence-corrected chi connectivity index (χ2v) is 6.49. The lowest BCUT2D eigenvalue weighted by molar-refractivity contribution is -0.137. The summed E-state index contributed by atoms with van der Waals surface area (Å²) in [5.74, 6) is -2.88. The molecule has 1 heterocycles. The molecule has 4 nitrogen and oxygen atoms in total. The van der Waals surface area contributed by atoms with Crippen molar-refractivity contribution < 1.29 is 27.2 Å². The molecule has 1 fully saturated rings. The number of hydrogen-bond donors (Lipinski definition) is 1. The highest BCUT2D eigenvalue weighted by Crippen LogP contribution is 2.31. The fourth-order valence-electron chi connectivity index (χ4n) is 2.47. The maximum Gasteiger partial charge on any atom is 0.416 e. The Kier molecular flexibility index (Phi) is 5.22. The van der Waals surface area contributed by atoms with Crippen molar-refractivity contribution in [2.75, 3.05) is 4.90 Å². The Hall–Kier alpha value is -2.78. The molecule has 2 amide bonds. The minimum absolute atomic E-state index is 0.223. The zero-order valence-electron chi connectivity index (χ0n) is 13.7. The maximum absolute atomic E-state index is 14.0. The molecule has 0 saturated carbocycles. The molecular weight excluding hydrogens is 420 g/mol. The molecule has 0 radical (unpaired) electrons. The van der Waals surface area contributed by atoms with E-state index < -0.39 is 40.5 Å². The van der Waals surface area contributed by atoms with Gasteiger partial charge in [-0.1, -0.05) is 11.6 Å². The van der Waals surface area contributed by atoms with E-state index in [0.29, 0.717) is 23.2 Å². The molecule has 0 spiro atoms. The predicted molar refractivity (Wildman–Crippen MR) is 99.1 cm³/mol. The van der Waals surface area contributed by atoms with Crippen LogP contribution in [-0.4, -0.2) is 16.9 Å². The number of thiocarbonyl (C=S) groups is 1. The Bertz CT molecular complexity index is 1020. The van der Waals surface area contributed by atoms with Crippen LogP contribution in [0.1, 0.15) is 11.1 Å². The normalized spacial score (nSPS) is 16.5. The Morgan fingerprint density at radius 1 is 1.07 bits per heavy atom. The van der Waals surface area contributed by atoms with Gasteiger partial charge in [0.1, 0.15) is 11.4 Å². The SMILES string of the molecule is O=C1NC(=S)N(c2ccc(Cl)cc2)C(=O)/C1=C/c1cc(C(F)(F)F)ccc1F. The van der Waals surface area contributed by atoms with Gasteiger partial charge in [-0.3, -0.25) is 19.8 Å². The highest BCUT2D eigenvalue weighted by atomic mass is 35.5. The number of alkyl halides is 3. The number of benzene rings is 2. The van der Waals surface area contributed by atoms with Crippen LogP contribution in [0.2, 0.25) is 5.02 Å². The second kappa shape index (κ2) is 7.33. The highest BCUT2D eigenvalue weighted by molar-refractivity contribution is 7.80. The van der Waals surface area contributed by atoms with Crippen molar-refractivity contribution in [3.05, 3.63) is 70.0 Å². The summed E-state index contributed by atoms with van der Waals surface area (Å²) in [6.45, 7) is 0. The number of amides is 2. The van der Waals surface area contributed by atoms with Crippen molar-refractivity contribution >= 4 is 52.5 Å². The number of halogens is 5. The van der Waals surface area contributed by atoms with E-state index in [-0.39, 0.29) is 10.8 Å². The summed E-state index contributed by atoms with van der Waals surface area (Å²) in [5.41, 5.74) is -1.97. The maximum atomic E-state index is 14.0. The fraction of sp³-hybridized carbons (Fsp3) is 0.0556. The van der Waals surface area contributed by atoms with E-state index in [1.807, 2.05) is 0 Å². The first kappa shape index (κ1) is 20.0. The molecule has 3 rings (SSSR count). The van der Waals surface area contributed by atoms with Gasteiger partial charge in [0.25, 0.3) is 11.8 Å². The van der Waals surface area contributed by atoms with Crippen LogP contribution in [0, 0.1) is 5.82 Å². The van der Waals surface area contributed by atoms with Crippen LogP contribution >= 0.6 is 23.8 Å². The number of carbonyl (C=O) groups excluding carboxylic acids is 2. The molecule has 1 aliphatic heterocycles. The molecule has 0 bridgehead atoms. The zero-order valence-corrected chi connectivity index (χ0v) is 15.3. The minimum atomic E-state index is -4.71. The number of hydrogen-bond acceptors (Lipinski definition) is 3. The van der Waals surface area contributed by atoms with E-state index >= 15 is 0 Å². The van der Waals surface area contributed by atoms with Gasteiger partial charge in [0, 0.05) is 10.6 Å². The van der Waals surface area contributed by atoms with Crippen molar-refractivity contribution in [3.63, 3.8) is 0 Å². The topological polar surface area (TPSA) is 49.4 Å². The quantitative estimate of drug-likeness (QED) is 0.335. The van der Waals surface area contributed by atoms with Crippen LogP contribution in [0.25, 0.3) is 6.08 Å². The Labute approximate surface area is 166 Å². The lowest BCUT2D eigenvalue weighted by atomic mass is 10.0. The van der Waals surface area contributed by atoms with Gasteiger partial charge in [-0.25, -0.2) is 4.39 Å². The number of carbonyl (C=O) groups is 2.